The van der Waals surface area contributed by atoms with Gasteiger partial charge in [-0.1, -0.05) is 78.7 Å². The Balaban J connectivity index is 1.36. The molecule has 2 aromatic carbocycles. The second kappa shape index (κ2) is 16.5. The molecule has 0 aliphatic carbocycles. The average molecular weight is 843 g/mol. The number of hydrogen-bond acceptors (Lipinski definition) is 8. The number of carbonyl (C=O) groups is 1. The first kappa shape index (κ1) is 43.7. The van der Waals surface area contributed by atoms with Crippen molar-refractivity contribution in [2.45, 2.75) is 128 Å². The number of aromatic nitrogens is 3. The lowest BCUT2D eigenvalue weighted by molar-refractivity contribution is 0.0287. The highest BCUT2D eigenvalue weighted by Crippen LogP contribution is 2.43. The van der Waals surface area contributed by atoms with Crippen LogP contribution in [0.1, 0.15) is 94.1 Å². The van der Waals surface area contributed by atoms with Crippen LogP contribution in [0.15, 0.2) is 36.5 Å². The largest absolute Gasteiger partial charge is 0.461 e. The molecular weight excluding hydrogens is 782 g/mol. The Bertz CT molecular complexity index is 2320. The van der Waals surface area contributed by atoms with E-state index < -0.39 is 43.1 Å². The van der Waals surface area contributed by atoms with Crippen LogP contribution in [0.25, 0.3) is 32.9 Å². The molecule has 0 radical (unpaired) electrons. The van der Waals surface area contributed by atoms with Crippen molar-refractivity contribution >= 4 is 41.7 Å². The van der Waals surface area contributed by atoms with Crippen LogP contribution in [0.4, 0.5) is 23.8 Å². The Hall–Kier alpha value is -4.41. The molecule has 2 aromatic heterocycles. The monoisotopic (exact) mass is 842 g/mol. The maximum atomic E-state index is 17.5. The summed E-state index contributed by atoms with van der Waals surface area (Å²) in [5.74, 6) is 2.55. The van der Waals surface area contributed by atoms with Crippen LogP contribution in [-0.4, -0.2) is 102 Å². The Kier molecular flexibility index (Phi) is 12.0. The molecule has 1 amide bonds. The van der Waals surface area contributed by atoms with Crippen molar-refractivity contribution in [2.24, 2.45) is 5.92 Å². The van der Waals surface area contributed by atoms with Crippen molar-refractivity contribution < 1.29 is 27.4 Å². The summed E-state index contributed by atoms with van der Waals surface area (Å²) in [6.45, 7) is 23.0. The lowest BCUT2D eigenvalue weighted by Gasteiger charge is -2.38. The standard InChI is InChI=1S/C47H61F3N6O3Si/c1-28(2)60(29(3)4,30(5)6)21-18-34-37(49)17-16-32-14-12-15-35(39(32)34)41-40(50)42-36(23-51-41)43(54(11)38-26-55(24-31(38)7)45(57)59-46(8,9)10)53-44(52-42)58-27-47-19-13-20-56(47)25-33(48)22-47/h12,14-17,23,28-31,33,38H,13,19-20,22,24-27H2,1-11H3/t31-,33+,38-,47-/m0/s1. The first-order valence-corrected chi connectivity index (χ1v) is 23.8. The number of carbonyl (C=O) groups excluding carboxylic acids is 1. The maximum absolute atomic E-state index is 17.5. The molecule has 7 rings (SSSR count). The van der Waals surface area contributed by atoms with Crippen molar-refractivity contribution in [3.8, 4) is 28.7 Å². The normalized spacial score (nSPS) is 22.3. The van der Waals surface area contributed by atoms with Crippen molar-refractivity contribution in [1.82, 2.24) is 24.8 Å². The molecule has 322 valence electrons. The zero-order chi connectivity index (χ0) is 43.5. The van der Waals surface area contributed by atoms with Crippen LogP contribution in [-0.2, 0) is 4.74 Å². The zero-order valence-corrected chi connectivity index (χ0v) is 38.1. The number of halogens is 3. The molecule has 4 atom stereocenters. The summed E-state index contributed by atoms with van der Waals surface area (Å²) >= 11 is 0. The second-order valence-electron chi connectivity index (χ2n) is 19.4. The van der Waals surface area contributed by atoms with E-state index in [0.29, 0.717) is 70.2 Å². The van der Waals surface area contributed by atoms with Crippen molar-refractivity contribution in [2.75, 3.05) is 44.7 Å². The van der Waals surface area contributed by atoms with E-state index in [1.54, 1.807) is 23.2 Å². The van der Waals surface area contributed by atoms with Crippen LogP contribution in [0.5, 0.6) is 6.01 Å². The number of anilines is 1. The first-order chi connectivity index (χ1) is 28.3. The molecule has 4 aromatic rings. The van der Waals surface area contributed by atoms with Crippen LogP contribution in [0.3, 0.4) is 0 Å². The lowest BCUT2D eigenvalue weighted by Crippen LogP contribution is -2.43. The third-order valence-electron chi connectivity index (χ3n) is 13.5. The summed E-state index contributed by atoms with van der Waals surface area (Å²) < 4.78 is 60.5. The maximum Gasteiger partial charge on any atom is 0.410 e. The molecule has 0 N–H and O–H groups in total. The molecule has 3 aliphatic heterocycles. The van der Waals surface area contributed by atoms with Crippen molar-refractivity contribution in [3.63, 3.8) is 0 Å². The van der Waals surface area contributed by atoms with Gasteiger partial charge in [0.1, 0.15) is 49.3 Å². The molecule has 0 saturated carbocycles. The van der Waals surface area contributed by atoms with E-state index in [4.69, 9.17) is 24.4 Å². The Morgan fingerprint density at radius 1 is 1.03 bits per heavy atom. The molecular formula is C47H61F3N6O3Si. The summed E-state index contributed by atoms with van der Waals surface area (Å²) in [7, 11) is -0.394. The Morgan fingerprint density at radius 3 is 2.43 bits per heavy atom. The highest BCUT2D eigenvalue weighted by molar-refractivity contribution is 6.90. The van der Waals surface area contributed by atoms with Gasteiger partial charge in [-0.3, -0.25) is 9.88 Å². The molecule has 60 heavy (non-hydrogen) atoms. The fourth-order valence-electron chi connectivity index (χ4n) is 10.6. The minimum absolute atomic E-state index is 0.00190. The third kappa shape index (κ3) is 7.94. The molecule has 0 unspecified atom stereocenters. The summed E-state index contributed by atoms with van der Waals surface area (Å²) in [6, 6.07) is 8.31. The topological polar surface area (TPSA) is 83.9 Å². The number of alkyl halides is 1. The fourth-order valence-corrected chi connectivity index (χ4v) is 15.8. The van der Waals surface area contributed by atoms with Gasteiger partial charge in [0.15, 0.2) is 5.82 Å². The SMILES string of the molecule is CC(C)[Si](C#Cc1c(F)ccc2cccc(-c3ncc4c(N(C)[C@H]5CN(C(=O)OC(C)(C)C)C[C@@H]5C)nc(OC[C@@]56CCCN5C[C@H](F)C6)nc4c3F)c12)(C(C)C)C(C)C. The molecule has 3 fully saturated rings. The smallest absolute Gasteiger partial charge is 0.410 e. The van der Waals surface area contributed by atoms with Gasteiger partial charge in [-0.25, -0.2) is 18.0 Å². The number of rotatable bonds is 9. The molecule has 0 spiro atoms. The van der Waals surface area contributed by atoms with E-state index in [-0.39, 0.29) is 41.4 Å². The van der Waals surface area contributed by atoms with Gasteiger partial charge < -0.3 is 19.3 Å². The summed E-state index contributed by atoms with van der Waals surface area (Å²) in [4.78, 5) is 33.3. The van der Waals surface area contributed by atoms with Gasteiger partial charge in [-0.15, -0.1) is 5.54 Å². The molecule has 5 heterocycles. The Labute approximate surface area is 354 Å². The highest BCUT2D eigenvalue weighted by Gasteiger charge is 2.49. The van der Waals surface area contributed by atoms with Gasteiger partial charge >= 0.3 is 12.1 Å². The predicted molar refractivity (Wildman–Crippen MR) is 236 cm³/mol. The Morgan fingerprint density at radius 2 is 1.75 bits per heavy atom. The fraction of sp³-hybridized carbons (Fsp3) is 0.574. The number of likely N-dealkylation sites (N-methyl/N-ethyl adjacent to an activating group) is 1. The van der Waals surface area contributed by atoms with Gasteiger partial charge in [-0.05, 0) is 74.2 Å². The molecule has 9 nitrogen and oxygen atoms in total. The number of ether oxygens (including phenoxy) is 2. The number of pyridine rings is 1. The number of benzene rings is 2. The summed E-state index contributed by atoms with van der Waals surface area (Å²) in [5.41, 5.74) is 4.16. The van der Waals surface area contributed by atoms with Crippen molar-refractivity contribution in [3.05, 3.63) is 53.7 Å². The third-order valence-corrected chi connectivity index (χ3v) is 19.7. The number of amides is 1. The van der Waals surface area contributed by atoms with Gasteiger partial charge in [0.2, 0.25) is 0 Å². The van der Waals surface area contributed by atoms with Gasteiger partial charge in [0, 0.05) is 50.2 Å². The quantitative estimate of drug-likeness (QED) is 0.122. The van der Waals surface area contributed by atoms with Crippen molar-refractivity contribution in [1.29, 1.82) is 0 Å². The number of nitrogens with zero attached hydrogens (tertiary/aromatic N) is 6. The summed E-state index contributed by atoms with van der Waals surface area (Å²) in [6.07, 6.45) is 2.30. The van der Waals surface area contributed by atoms with Crippen LogP contribution in [0.2, 0.25) is 16.6 Å². The lowest BCUT2D eigenvalue weighted by atomic mass is 9.95. The van der Waals surface area contributed by atoms with Crippen LogP contribution in [0, 0.1) is 29.0 Å². The highest BCUT2D eigenvalue weighted by atomic mass is 28.3. The molecule has 0 bridgehead atoms. The molecule has 3 aliphatic rings. The van der Waals surface area contributed by atoms with E-state index in [0.717, 1.165) is 19.4 Å². The van der Waals surface area contributed by atoms with Crippen LogP contribution < -0.4 is 9.64 Å². The van der Waals surface area contributed by atoms with Crippen LogP contribution >= 0.6 is 0 Å². The van der Waals surface area contributed by atoms with E-state index in [1.165, 1.54) is 6.07 Å². The minimum atomic E-state index is -2.26. The molecule has 3 saturated heterocycles. The summed E-state index contributed by atoms with van der Waals surface area (Å²) in [5, 5.41) is 1.56. The first-order valence-electron chi connectivity index (χ1n) is 21.6. The van der Waals surface area contributed by atoms with E-state index in [2.05, 4.69) is 64.8 Å². The van der Waals surface area contributed by atoms with Gasteiger partial charge in [-0.2, -0.15) is 9.97 Å². The van der Waals surface area contributed by atoms with E-state index >= 15 is 8.78 Å². The van der Waals surface area contributed by atoms with Gasteiger partial charge in [0.05, 0.1) is 22.5 Å². The number of fused-ring (bicyclic) bond motifs is 3. The average Bonchev–Trinajstić information content (AvgIpc) is 3.85. The zero-order valence-electron chi connectivity index (χ0n) is 37.1. The minimum Gasteiger partial charge on any atom is -0.461 e. The van der Waals surface area contributed by atoms with E-state index in [1.807, 2.05) is 44.9 Å². The number of likely N-dealkylation sites (tertiary alicyclic amines) is 1. The second-order valence-corrected chi connectivity index (χ2v) is 25.0. The van der Waals surface area contributed by atoms with E-state index in [9.17, 15) is 9.18 Å². The molecule has 13 heteroatoms. The van der Waals surface area contributed by atoms with Gasteiger partial charge in [0.25, 0.3) is 0 Å². The number of hydrogen-bond donors (Lipinski definition) is 0. The predicted octanol–water partition coefficient (Wildman–Crippen LogP) is 10.3.